The van der Waals surface area contributed by atoms with Gasteiger partial charge in [0.2, 0.25) is 0 Å². The van der Waals surface area contributed by atoms with Gasteiger partial charge in [-0.05, 0) is 24.6 Å². The molecular formula is C14H13N3O. The van der Waals surface area contributed by atoms with Gasteiger partial charge in [0, 0.05) is 13.1 Å². The first-order chi connectivity index (χ1) is 8.72. The Hall–Kier alpha value is -2.54. The zero-order valence-electron chi connectivity index (χ0n) is 10.3. The maximum atomic E-state index is 8.87. The van der Waals surface area contributed by atoms with Gasteiger partial charge in [0.15, 0.2) is 0 Å². The zero-order chi connectivity index (χ0) is 13.0. The lowest BCUT2D eigenvalue weighted by molar-refractivity contribution is 0.476. The second-order valence-electron chi connectivity index (χ2n) is 3.85. The molecule has 90 valence electrons. The number of rotatable bonds is 3. The van der Waals surface area contributed by atoms with E-state index in [0.29, 0.717) is 17.1 Å². The molecule has 0 radical (unpaired) electrons. The quantitative estimate of drug-likeness (QED) is 0.894. The molecule has 0 spiro atoms. The molecule has 2 rings (SSSR count). The minimum atomic E-state index is 0.577. The van der Waals surface area contributed by atoms with Crippen molar-refractivity contribution in [2.75, 3.05) is 12.4 Å². The molecule has 0 aliphatic heterocycles. The Labute approximate surface area is 106 Å². The van der Waals surface area contributed by atoms with Crippen LogP contribution in [0.4, 0.5) is 5.69 Å². The number of pyridine rings is 1. The molecule has 0 atom stereocenters. The van der Waals surface area contributed by atoms with Gasteiger partial charge in [-0.25, -0.2) is 0 Å². The van der Waals surface area contributed by atoms with Gasteiger partial charge >= 0.3 is 0 Å². The summed E-state index contributed by atoms with van der Waals surface area (Å²) in [7, 11) is 1.82. The van der Waals surface area contributed by atoms with E-state index in [-0.39, 0.29) is 0 Å². The summed E-state index contributed by atoms with van der Waals surface area (Å²) < 4.78 is 5.74. The molecule has 0 aliphatic rings. The van der Waals surface area contributed by atoms with E-state index in [4.69, 9.17) is 10.00 Å². The van der Waals surface area contributed by atoms with E-state index < -0.39 is 0 Å². The van der Waals surface area contributed by atoms with Crippen molar-refractivity contribution in [3.05, 3.63) is 47.8 Å². The maximum Gasteiger partial charge on any atom is 0.147 e. The Morgan fingerprint density at radius 2 is 2.11 bits per heavy atom. The van der Waals surface area contributed by atoms with Crippen molar-refractivity contribution in [2.24, 2.45) is 0 Å². The number of aromatic nitrogens is 1. The lowest BCUT2D eigenvalue weighted by Crippen LogP contribution is -1.92. The highest BCUT2D eigenvalue weighted by atomic mass is 16.5. The highest BCUT2D eigenvalue weighted by Gasteiger charge is 2.04. The number of aryl methyl sites for hydroxylation is 1. The molecule has 0 bridgehead atoms. The van der Waals surface area contributed by atoms with Gasteiger partial charge in [0.1, 0.15) is 11.5 Å². The van der Waals surface area contributed by atoms with Crippen LogP contribution in [0.3, 0.4) is 0 Å². The molecule has 1 aromatic heterocycles. The van der Waals surface area contributed by atoms with Crippen molar-refractivity contribution in [1.82, 2.24) is 4.98 Å². The fourth-order valence-electron chi connectivity index (χ4n) is 1.52. The number of anilines is 1. The third kappa shape index (κ3) is 2.58. The smallest absolute Gasteiger partial charge is 0.147 e. The normalized spacial score (nSPS) is 9.61. The van der Waals surface area contributed by atoms with Crippen molar-refractivity contribution in [2.45, 2.75) is 6.92 Å². The lowest BCUT2D eigenvalue weighted by atomic mass is 10.1. The first-order valence-electron chi connectivity index (χ1n) is 5.54. The van der Waals surface area contributed by atoms with Gasteiger partial charge in [0.25, 0.3) is 0 Å². The Bertz CT molecular complexity index is 602. The van der Waals surface area contributed by atoms with Gasteiger partial charge in [-0.15, -0.1) is 0 Å². The van der Waals surface area contributed by atoms with Gasteiger partial charge in [-0.2, -0.15) is 5.26 Å². The van der Waals surface area contributed by atoms with E-state index in [1.807, 2.05) is 26.1 Å². The molecule has 18 heavy (non-hydrogen) atoms. The Balaban J connectivity index is 2.30. The summed E-state index contributed by atoms with van der Waals surface area (Å²) in [6, 6.07) is 9.30. The number of nitrogens with one attached hydrogen (secondary N) is 1. The van der Waals surface area contributed by atoms with Crippen molar-refractivity contribution >= 4 is 5.69 Å². The number of hydrogen-bond donors (Lipinski definition) is 1. The lowest BCUT2D eigenvalue weighted by Gasteiger charge is -2.09. The predicted molar refractivity (Wildman–Crippen MR) is 69.8 cm³/mol. The van der Waals surface area contributed by atoms with Crippen LogP contribution in [0.15, 0.2) is 36.7 Å². The molecule has 1 aromatic carbocycles. The van der Waals surface area contributed by atoms with Crippen LogP contribution in [0.5, 0.6) is 11.5 Å². The summed E-state index contributed by atoms with van der Waals surface area (Å²) >= 11 is 0. The van der Waals surface area contributed by atoms with E-state index >= 15 is 0 Å². The van der Waals surface area contributed by atoms with E-state index in [9.17, 15) is 0 Å². The first kappa shape index (κ1) is 11.9. The third-order valence-corrected chi connectivity index (χ3v) is 2.55. The van der Waals surface area contributed by atoms with Crippen molar-refractivity contribution in [1.29, 1.82) is 5.26 Å². The number of benzene rings is 1. The van der Waals surface area contributed by atoms with Crippen LogP contribution in [0.1, 0.15) is 11.1 Å². The molecule has 1 N–H and O–H groups in total. The topological polar surface area (TPSA) is 57.9 Å². The fraction of sp³-hybridized carbons (Fsp3) is 0.143. The van der Waals surface area contributed by atoms with Crippen molar-refractivity contribution in [3.8, 4) is 17.6 Å². The van der Waals surface area contributed by atoms with Crippen LogP contribution >= 0.6 is 0 Å². The Morgan fingerprint density at radius 3 is 2.83 bits per heavy atom. The molecule has 1 heterocycles. The second-order valence-corrected chi connectivity index (χ2v) is 3.85. The molecule has 0 amide bonds. The molecule has 0 saturated carbocycles. The largest absolute Gasteiger partial charge is 0.455 e. The van der Waals surface area contributed by atoms with Crippen LogP contribution in [0, 0.1) is 18.3 Å². The van der Waals surface area contributed by atoms with Crippen molar-refractivity contribution < 1.29 is 4.74 Å². The number of nitrogens with zero attached hydrogens (tertiary/aromatic N) is 2. The zero-order valence-corrected chi connectivity index (χ0v) is 10.3. The fourth-order valence-corrected chi connectivity index (χ4v) is 1.52. The monoisotopic (exact) mass is 239 g/mol. The minimum absolute atomic E-state index is 0.577. The van der Waals surface area contributed by atoms with Crippen LogP contribution in [0.2, 0.25) is 0 Å². The van der Waals surface area contributed by atoms with Gasteiger partial charge in [-0.3, -0.25) is 4.98 Å². The SMILES string of the molecule is CNc1cncc(Oc2cc(C#N)ccc2C)c1. The van der Waals surface area contributed by atoms with Gasteiger partial charge in [-0.1, -0.05) is 6.07 Å². The van der Waals surface area contributed by atoms with Crippen LogP contribution in [-0.4, -0.2) is 12.0 Å². The summed E-state index contributed by atoms with van der Waals surface area (Å²) in [5, 5.41) is 11.9. The number of nitriles is 1. The second kappa shape index (κ2) is 5.19. The molecule has 0 saturated heterocycles. The third-order valence-electron chi connectivity index (χ3n) is 2.55. The summed E-state index contributed by atoms with van der Waals surface area (Å²) in [4.78, 5) is 4.07. The number of hydrogen-bond acceptors (Lipinski definition) is 4. The maximum absolute atomic E-state index is 8.87. The molecule has 4 heteroatoms. The van der Waals surface area contributed by atoms with Gasteiger partial charge in [0.05, 0.1) is 29.7 Å². The van der Waals surface area contributed by atoms with E-state index in [0.717, 1.165) is 11.3 Å². The standard InChI is InChI=1S/C14H13N3O/c1-10-3-4-11(7-15)5-14(10)18-13-6-12(16-2)8-17-9-13/h3-6,8-9,16H,1-2H3. The predicted octanol–water partition coefficient (Wildman–Crippen LogP) is 3.10. The number of ether oxygens (including phenoxy) is 1. The molecule has 0 aliphatic carbocycles. The average molecular weight is 239 g/mol. The summed E-state index contributed by atoms with van der Waals surface area (Å²) in [5.74, 6) is 1.31. The summed E-state index contributed by atoms with van der Waals surface area (Å²) in [6.45, 7) is 1.94. The van der Waals surface area contributed by atoms with E-state index in [1.54, 1.807) is 24.5 Å². The highest BCUT2D eigenvalue weighted by molar-refractivity contribution is 5.48. The van der Waals surface area contributed by atoms with Crippen LogP contribution < -0.4 is 10.1 Å². The molecule has 0 unspecified atom stereocenters. The van der Waals surface area contributed by atoms with E-state index in [2.05, 4.69) is 16.4 Å². The van der Waals surface area contributed by atoms with Crippen LogP contribution in [0.25, 0.3) is 0 Å². The van der Waals surface area contributed by atoms with E-state index in [1.165, 1.54) is 0 Å². The molecule has 0 fully saturated rings. The van der Waals surface area contributed by atoms with Crippen molar-refractivity contribution in [3.63, 3.8) is 0 Å². The molecule has 2 aromatic rings. The minimum Gasteiger partial charge on any atom is -0.455 e. The highest BCUT2D eigenvalue weighted by Crippen LogP contribution is 2.26. The van der Waals surface area contributed by atoms with Gasteiger partial charge < -0.3 is 10.1 Å². The molecular weight excluding hydrogens is 226 g/mol. The first-order valence-corrected chi connectivity index (χ1v) is 5.54. The van der Waals surface area contributed by atoms with Crippen LogP contribution in [-0.2, 0) is 0 Å². The Morgan fingerprint density at radius 1 is 1.28 bits per heavy atom. The summed E-state index contributed by atoms with van der Waals surface area (Å²) in [6.07, 6.45) is 3.35. The molecule has 4 nitrogen and oxygen atoms in total. The average Bonchev–Trinajstić information content (AvgIpc) is 2.41. The summed E-state index contributed by atoms with van der Waals surface area (Å²) in [5.41, 5.74) is 2.43. The Kier molecular flexibility index (Phi) is 3.44.